The summed E-state index contributed by atoms with van der Waals surface area (Å²) in [5.74, 6) is 0.820. The topological polar surface area (TPSA) is 60.2 Å². The van der Waals surface area contributed by atoms with Crippen LogP contribution in [-0.4, -0.2) is 39.7 Å². The van der Waals surface area contributed by atoms with E-state index in [0.717, 1.165) is 22.6 Å². The van der Waals surface area contributed by atoms with Crippen molar-refractivity contribution >= 4 is 5.91 Å². The molecule has 0 unspecified atom stereocenters. The van der Waals surface area contributed by atoms with Crippen LogP contribution in [0.2, 0.25) is 0 Å². The van der Waals surface area contributed by atoms with Gasteiger partial charge in [-0.1, -0.05) is 12.1 Å². The van der Waals surface area contributed by atoms with E-state index in [-0.39, 0.29) is 5.91 Å². The third-order valence-corrected chi connectivity index (χ3v) is 3.88. The number of methoxy groups -OCH3 is 1. The molecule has 6 heteroatoms. The fourth-order valence-corrected chi connectivity index (χ4v) is 2.51. The number of nitrogens with zero attached hydrogens (tertiary/aromatic N) is 4. The molecule has 3 aromatic rings. The number of pyridine rings is 1. The molecule has 6 nitrogen and oxygen atoms in total. The molecule has 128 valence electrons. The number of amides is 1. The van der Waals surface area contributed by atoms with Gasteiger partial charge in [-0.2, -0.15) is 5.10 Å². The summed E-state index contributed by atoms with van der Waals surface area (Å²) in [4.78, 5) is 18.1. The number of hydrogen-bond acceptors (Lipinski definition) is 4. The minimum atomic E-state index is 0.0436. The summed E-state index contributed by atoms with van der Waals surface area (Å²) in [5.41, 5.74) is 2.78. The molecule has 1 aromatic carbocycles. The second-order valence-corrected chi connectivity index (χ2v) is 5.78. The quantitative estimate of drug-likeness (QED) is 0.694. The maximum atomic E-state index is 12.3. The van der Waals surface area contributed by atoms with Gasteiger partial charge >= 0.3 is 0 Å². The van der Waals surface area contributed by atoms with Crippen molar-refractivity contribution in [2.24, 2.45) is 0 Å². The van der Waals surface area contributed by atoms with Gasteiger partial charge in [0, 0.05) is 43.8 Å². The Bertz CT molecular complexity index is 845. The van der Waals surface area contributed by atoms with E-state index in [2.05, 4.69) is 10.1 Å². The summed E-state index contributed by atoms with van der Waals surface area (Å²) in [6.07, 6.45) is 7.45. The summed E-state index contributed by atoms with van der Waals surface area (Å²) < 4.78 is 7.01. The minimum absolute atomic E-state index is 0.0436. The highest BCUT2D eigenvalue weighted by Crippen LogP contribution is 2.16. The summed E-state index contributed by atoms with van der Waals surface area (Å²) >= 11 is 0. The monoisotopic (exact) mass is 336 g/mol. The average Bonchev–Trinajstić information content (AvgIpc) is 3.11. The van der Waals surface area contributed by atoms with Crippen molar-refractivity contribution in [2.75, 3.05) is 14.2 Å². The van der Waals surface area contributed by atoms with Gasteiger partial charge in [0.05, 0.1) is 25.4 Å². The molecule has 0 spiro atoms. The molecule has 0 aliphatic rings. The van der Waals surface area contributed by atoms with E-state index in [1.807, 2.05) is 42.6 Å². The summed E-state index contributed by atoms with van der Waals surface area (Å²) in [6, 6.07) is 11.4. The van der Waals surface area contributed by atoms with Crippen LogP contribution >= 0.6 is 0 Å². The second kappa shape index (κ2) is 7.61. The SMILES string of the molecule is COc1cccc(-n2cc(CN(C)C(=O)Cc3cccnc3)cn2)c1. The Kier molecular flexibility index (Phi) is 5.09. The average molecular weight is 336 g/mol. The molecule has 0 saturated heterocycles. The lowest BCUT2D eigenvalue weighted by atomic mass is 10.2. The Morgan fingerprint density at radius 3 is 2.84 bits per heavy atom. The van der Waals surface area contributed by atoms with Gasteiger partial charge in [-0.25, -0.2) is 4.68 Å². The number of likely N-dealkylation sites (N-methyl/N-ethyl adjacent to an activating group) is 1. The van der Waals surface area contributed by atoms with Crippen LogP contribution in [0.4, 0.5) is 0 Å². The minimum Gasteiger partial charge on any atom is -0.497 e. The number of benzene rings is 1. The van der Waals surface area contributed by atoms with E-state index < -0.39 is 0 Å². The molecule has 0 saturated carbocycles. The molecule has 0 bridgehead atoms. The first-order valence-corrected chi connectivity index (χ1v) is 7.96. The number of carbonyl (C=O) groups excluding carboxylic acids is 1. The first-order chi connectivity index (χ1) is 12.2. The van der Waals surface area contributed by atoms with Crippen LogP contribution in [-0.2, 0) is 17.8 Å². The van der Waals surface area contributed by atoms with Crippen LogP contribution in [0.25, 0.3) is 5.69 Å². The number of aromatic nitrogens is 3. The molecule has 0 radical (unpaired) electrons. The zero-order valence-corrected chi connectivity index (χ0v) is 14.3. The predicted octanol–water partition coefficient (Wildman–Crippen LogP) is 2.48. The molecule has 3 rings (SSSR count). The largest absolute Gasteiger partial charge is 0.497 e. The molecule has 0 aliphatic carbocycles. The van der Waals surface area contributed by atoms with Gasteiger partial charge in [-0.3, -0.25) is 9.78 Å². The van der Waals surface area contributed by atoms with E-state index in [1.54, 1.807) is 42.3 Å². The standard InChI is InChI=1S/C19H20N4O2/c1-22(19(24)9-15-5-4-8-20-11-15)13-16-12-21-23(14-16)17-6-3-7-18(10-17)25-2/h3-8,10-12,14H,9,13H2,1-2H3. The molecular formula is C19H20N4O2. The Hall–Kier alpha value is -3.15. The Balaban J connectivity index is 1.65. The highest BCUT2D eigenvalue weighted by Gasteiger charge is 2.12. The van der Waals surface area contributed by atoms with Crippen LogP contribution in [0, 0.1) is 0 Å². The second-order valence-electron chi connectivity index (χ2n) is 5.78. The van der Waals surface area contributed by atoms with Gasteiger partial charge in [0.2, 0.25) is 5.91 Å². The van der Waals surface area contributed by atoms with Crippen LogP contribution in [0.1, 0.15) is 11.1 Å². The molecule has 0 aliphatic heterocycles. The molecule has 25 heavy (non-hydrogen) atoms. The number of ether oxygens (including phenoxy) is 1. The normalized spacial score (nSPS) is 10.5. The number of rotatable bonds is 6. The maximum Gasteiger partial charge on any atom is 0.227 e. The van der Waals surface area contributed by atoms with Crippen molar-refractivity contribution < 1.29 is 9.53 Å². The first-order valence-electron chi connectivity index (χ1n) is 7.96. The van der Waals surface area contributed by atoms with E-state index in [9.17, 15) is 4.79 Å². The van der Waals surface area contributed by atoms with Crippen molar-refractivity contribution in [2.45, 2.75) is 13.0 Å². The lowest BCUT2D eigenvalue weighted by Crippen LogP contribution is -2.27. The maximum absolute atomic E-state index is 12.3. The van der Waals surface area contributed by atoms with E-state index >= 15 is 0 Å². The fraction of sp³-hybridized carbons (Fsp3) is 0.211. The van der Waals surface area contributed by atoms with Gasteiger partial charge in [-0.15, -0.1) is 0 Å². The van der Waals surface area contributed by atoms with Crippen LogP contribution in [0.3, 0.4) is 0 Å². The Morgan fingerprint density at radius 2 is 2.08 bits per heavy atom. The smallest absolute Gasteiger partial charge is 0.227 e. The highest BCUT2D eigenvalue weighted by molar-refractivity contribution is 5.78. The third kappa shape index (κ3) is 4.23. The van der Waals surface area contributed by atoms with Crippen molar-refractivity contribution in [3.63, 3.8) is 0 Å². The summed E-state index contributed by atoms with van der Waals surface area (Å²) in [7, 11) is 3.43. The Morgan fingerprint density at radius 1 is 1.20 bits per heavy atom. The predicted molar refractivity (Wildman–Crippen MR) is 94.5 cm³/mol. The van der Waals surface area contributed by atoms with E-state index in [1.165, 1.54) is 0 Å². The van der Waals surface area contributed by atoms with Crippen molar-refractivity contribution in [1.82, 2.24) is 19.7 Å². The van der Waals surface area contributed by atoms with Gasteiger partial charge in [-0.05, 0) is 23.8 Å². The fourth-order valence-electron chi connectivity index (χ4n) is 2.51. The van der Waals surface area contributed by atoms with E-state index in [0.29, 0.717) is 13.0 Å². The molecule has 0 atom stereocenters. The van der Waals surface area contributed by atoms with Gasteiger partial charge in [0.25, 0.3) is 0 Å². The van der Waals surface area contributed by atoms with E-state index in [4.69, 9.17) is 4.74 Å². The number of hydrogen-bond donors (Lipinski definition) is 0. The van der Waals surface area contributed by atoms with Crippen LogP contribution < -0.4 is 4.74 Å². The van der Waals surface area contributed by atoms with Gasteiger partial charge in [0.1, 0.15) is 5.75 Å². The van der Waals surface area contributed by atoms with Crippen molar-refractivity contribution in [3.8, 4) is 11.4 Å². The third-order valence-electron chi connectivity index (χ3n) is 3.88. The van der Waals surface area contributed by atoms with Crippen LogP contribution in [0.15, 0.2) is 61.2 Å². The van der Waals surface area contributed by atoms with Gasteiger partial charge in [0.15, 0.2) is 0 Å². The summed E-state index contributed by atoms with van der Waals surface area (Å²) in [5, 5.41) is 4.37. The zero-order chi connectivity index (χ0) is 17.6. The lowest BCUT2D eigenvalue weighted by Gasteiger charge is -2.16. The molecule has 0 fully saturated rings. The van der Waals surface area contributed by atoms with Crippen LogP contribution in [0.5, 0.6) is 5.75 Å². The highest BCUT2D eigenvalue weighted by atomic mass is 16.5. The molecule has 2 aromatic heterocycles. The zero-order valence-electron chi connectivity index (χ0n) is 14.3. The van der Waals surface area contributed by atoms with Crippen molar-refractivity contribution in [1.29, 1.82) is 0 Å². The molecule has 1 amide bonds. The Labute approximate surface area is 146 Å². The molecule has 0 N–H and O–H groups in total. The molecular weight excluding hydrogens is 316 g/mol. The first kappa shape index (κ1) is 16.7. The van der Waals surface area contributed by atoms with Crippen molar-refractivity contribution in [3.05, 3.63) is 72.3 Å². The lowest BCUT2D eigenvalue weighted by molar-refractivity contribution is -0.129. The number of carbonyl (C=O) groups is 1. The van der Waals surface area contributed by atoms with Gasteiger partial charge < -0.3 is 9.64 Å². The summed E-state index contributed by atoms with van der Waals surface area (Å²) in [6.45, 7) is 0.503. The molecule has 2 heterocycles.